The van der Waals surface area contributed by atoms with E-state index in [-0.39, 0.29) is 16.5 Å². The van der Waals surface area contributed by atoms with Crippen LogP contribution in [0.1, 0.15) is 72.1 Å². The summed E-state index contributed by atoms with van der Waals surface area (Å²) in [6, 6.07) is 24.3. The largest absolute Gasteiger partial charge is 0.407 e. The van der Waals surface area contributed by atoms with E-state index in [1.165, 1.54) is 16.8 Å². The molecule has 1 aliphatic carbocycles. The zero-order valence-electron chi connectivity index (χ0n) is 22.1. The Morgan fingerprint density at radius 1 is 0.944 bits per heavy atom. The van der Waals surface area contributed by atoms with Crippen LogP contribution in [0.5, 0.6) is 0 Å². The Kier molecular flexibility index (Phi) is 6.87. The molecule has 0 radical (unpaired) electrons. The van der Waals surface area contributed by atoms with Gasteiger partial charge in [0.05, 0.1) is 6.07 Å². The quantitative estimate of drug-likeness (QED) is 0.516. The monoisotopic (exact) mass is 500 g/mol. The first-order valence-corrected chi connectivity index (χ1v) is 15.7. The highest BCUT2D eigenvalue weighted by atomic mass is 28.4. The van der Waals surface area contributed by atoms with E-state index in [0.717, 1.165) is 44.9 Å². The summed E-state index contributed by atoms with van der Waals surface area (Å²) in [6.07, 6.45) is 8.23. The molecular weight excluding hydrogens is 460 g/mol. The van der Waals surface area contributed by atoms with Gasteiger partial charge in [-0.15, -0.1) is 0 Å². The SMILES string of the molecule is CC(C)(C)[Si](OC[C@H]1CCC[C@]12CCC[C@@H]1CCC(C#N)C(=O)N12)(c1ccccc1)c1ccccc1. The lowest BCUT2D eigenvalue weighted by molar-refractivity contribution is -0.156. The highest BCUT2D eigenvalue weighted by Gasteiger charge is 2.57. The molecule has 1 unspecified atom stereocenters. The van der Waals surface area contributed by atoms with Crippen molar-refractivity contribution in [3.05, 3.63) is 60.7 Å². The Morgan fingerprint density at radius 2 is 1.53 bits per heavy atom. The van der Waals surface area contributed by atoms with Crippen molar-refractivity contribution in [1.29, 1.82) is 5.26 Å². The van der Waals surface area contributed by atoms with E-state index in [1.54, 1.807) is 0 Å². The molecule has 4 nitrogen and oxygen atoms in total. The predicted molar refractivity (Wildman–Crippen MR) is 146 cm³/mol. The molecule has 1 saturated carbocycles. The molecule has 2 aliphatic heterocycles. The van der Waals surface area contributed by atoms with Crippen molar-refractivity contribution in [2.24, 2.45) is 11.8 Å². The van der Waals surface area contributed by atoms with Crippen molar-refractivity contribution in [3.63, 3.8) is 0 Å². The third-order valence-electron chi connectivity index (χ3n) is 9.31. The summed E-state index contributed by atoms with van der Waals surface area (Å²) >= 11 is 0. The number of carbonyl (C=O) groups is 1. The fourth-order valence-electron chi connectivity index (χ4n) is 7.70. The standard InChI is InChI=1S/C31H40N2O2Si/c1-30(2,3)36(27-14-6-4-7-15-27,28-16-8-5-9-17-28)35-23-25-12-10-20-31(25)21-11-13-26-19-18-24(22-32)29(34)33(26)31/h4-9,14-17,24-26H,10-13,18-21,23H2,1-3H3/t24?,25-,26-,31+/m1/s1. The molecule has 2 heterocycles. The van der Waals surface area contributed by atoms with Crippen LogP contribution in [-0.4, -0.2) is 37.3 Å². The van der Waals surface area contributed by atoms with E-state index < -0.39 is 14.2 Å². The number of amides is 1. The van der Waals surface area contributed by atoms with Crippen LogP contribution in [0.3, 0.4) is 0 Å². The van der Waals surface area contributed by atoms with Crippen LogP contribution in [0.4, 0.5) is 0 Å². The number of carbonyl (C=O) groups excluding carboxylic acids is 1. The molecule has 0 aromatic heterocycles. The van der Waals surface area contributed by atoms with E-state index in [2.05, 4.69) is 92.4 Å². The molecule has 3 fully saturated rings. The van der Waals surface area contributed by atoms with Gasteiger partial charge in [0.15, 0.2) is 0 Å². The Labute approximate surface area is 217 Å². The van der Waals surface area contributed by atoms with Crippen molar-refractivity contribution in [3.8, 4) is 6.07 Å². The first kappa shape index (κ1) is 25.2. The summed E-state index contributed by atoms with van der Waals surface area (Å²) in [7, 11) is -2.63. The molecule has 190 valence electrons. The average molecular weight is 501 g/mol. The van der Waals surface area contributed by atoms with Crippen LogP contribution in [0.2, 0.25) is 5.04 Å². The zero-order valence-corrected chi connectivity index (χ0v) is 23.1. The van der Waals surface area contributed by atoms with Gasteiger partial charge < -0.3 is 9.33 Å². The van der Waals surface area contributed by atoms with Crippen molar-refractivity contribution < 1.29 is 9.22 Å². The van der Waals surface area contributed by atoms with Gasteiger partial charge in [0.1, 0.15) is 5.92 Å². The fraction of sp³-hybridized carbons (Fsp3) is 0.548. The molecule has 1 spiro atoms. The molecule has 2 aromatic rings. The van der Waals surface area contributed by atoms with E-state index >= 15 is 0 Å². The van der Waals surface area contributed by atoms with Crippen molar-refractivity contribution >= 4 is 24.6 Å². The number of hydrogen-bond acceptors (Lipinski definition) is 3. The summed E-state index contributed by atoms with van der Waals surface area (Å²) in [5.74, 6) is -0.0794. The van der Waals surface area contributed by atoms with Crippen LogP contribution in [0.15, 0.2) is 60.7 Å². The smallest absolute Gasteiger partial charge is 0.261 e. The number of benzene rings is 2. The van der Waals surface area contributed by atoms with Crippen LogP contribution in [-0.2, 0) is 9.22 Å². The molecule has 2 saturated heterocycles. The summed E-state index contributed by atoms with van der Waals surface area (Å²) in [5.41, 5.74) is -0.152. The van der Waals surface area contributed by atoms with E-state index in [0.29, 0.717) is 18.6 Å². The minimum Gasteiger partial charge on any atom is -0.407 e. The van der Waals surface area contributed by atoms with Gasteiger partial charge in [-0.1, -0.05) is 87.9 Å². The topological polar surface area (TPSA) is 53.3 Å². The lowest BCUT2D eigenvalue weighted by Crippen LogP contribution is -2.68. The lowest BCUT2D eigenvalue weighted by Gasteiger charge is -2.56. The van der Waals surface area contributed by atoms with E-state index in [9.17, 15) is 10.1 Å². The number of nitrogens with zero attached hydrogens (tertiary/aromatic N) is 2. The minimum absolute atomic E-state index is 0.0660. The third kappa shape index (κ3) is 4.03. The average Bonchev–Trinajstić information content (AvgIpc) is 3.27. The second-order valence-corrected chi connectivity index (χ2v) is 16.5. The molecule has 36 heavy (non-hydrogen) atoms. The number of fused-ring (bicyclic) bond motifs is 2. The molecule has 4 atom stereocenters. The van der Waals surface area contributed by atoms with Crippen LogP contribution >= 0.6 is 0 Å². The molecule has 5 heteroatoms. The van der Waals surface area contributed by atoms with Crippen LogP contribution < -0.4 is 10.4 Å². The van der Waals surface area contributed by atoms with Crippen molar-refractivity contribution in [2.45, 2.75) is 88.8 Å². The van der Waals surface area contributed by atoms with Gasteiger partial charge >= 0.3 is 0 Å². The van der Waals surface area contributed by atoms with Gasteiger partial charge in [-0.3, -0.25) is 4.79 Å². The second kappa shape index (κ2) is 9.80. The number of hydrogen-bond donors (Lipinski definition) is 0. The Hall–Kier alpha value is -2.42. The first-order chi connectivity index (χ1) is 17.3. The van der Waals surface area contributed by atoms with Gasteiger partial charge in [-0.05, 0) is 60.4 Å². The van der Waals surface area contributed by atoms with Gasteiger partial charge in [-0.25, -0.2) is 0 Å². The summed E-state index contributed by atoms with van der Waals surface area (Å²) < 4.78 is 7.38. The van der Waals surface area contributed by atoms with Crippen LogP contribution in [0, 0.1) is 23.2 Å². The second-order valence-electron chi connectivity index (χ2n) is 12.2. The van der Waals surface area contributed by atoms with Gasteiger partial charge in [0.2, 0.25) is 5.91 Å². The molecule has 1 amide bonds. The Balaban J connectivity index is 1.52. The number of nitriles is 1. The first-order valence-electron chi connectivity index (χ1n) is 13.8. The molecule has 5 rings (SSSR count). The van der Waals surface area contributed by atoms with E-state index in [1.807, 2.05) is 0 Å². The molecule has 0 N–H and O–H groups in total. The predicted octanol–water partition coefficient (Wildman–Crippen LogP) is 5.42. The van der Waals surface area contributed by atoms with Gasteiger partial charge in [-0.2, -0.15) is 5.26 Å². The van der Waals surface area contributed by atoms with Gasteiger partial charge in [0, 0.05) is 24.1 Å². The summed E-state index contributed by atoms with van der Waals surface area (Å²) in [5, 5.41) is 12.2. The van der Waals surface area contributed by atoms with Crippen molar-refractivity contribution in [2.75, 3.05) is 6.61 Å². The maximum Gasteiger partial charge on any atom is 0.261 e. The fourth-order valence-corrected chi connectivity index (χ4v) is 12.3. The number of piperidine rings is 2. The van der Waals surface area contributed by atoms with Crippen molar-refractivity contribution in [1.82, 2.24) is 4.90 Å². The van der Waals surface area contributed by atoms with Gasteiger partial charge in [0.25, 0.3) is 8.32 Å². The summed E-state index contributed by atoms with van der Waals surface area (Å²) in [6.45, 7) is 7.64. The molecular formula is C31H40N2O2Si. The Bertz CT molecular complexity index is 1070. The maximum absolute atomic E-state index is 13.6. The highest BCUT2D eigenvalue weighted by molar-refractivity contribution is 6.99. The zero-order chi connectivity index (χ0) is 25.4. The summed E-state index contributed by atoms with van der Waals surface area (Å²) in [4.78, 5) is 15.8. The lowest BCUT2D eigenvalue weighted by atomic mass is 9.72. The third-order valence-corrected chi connectivity index (χ3v) is 14.3. The van der Waals surface area contributed by atoms with Crippen LogP contribution in [0.25, 0.3) is 0 Å². The number of rotatable bonds is 5. The van der Waals surface area contributed by atoms with E-state index in [4.69, 9.17) is 4.43 Å². The Morgan fingerprint density at radius 3 is 2.08 bits per heavy atom. The molecule has 3 aliphatic rings. The molecule has 0 bridgehead atoms. The maximum atomic E-state index is 13.6. The minimum atomic E-state index is -2.63. The normalized spacial score (nSPS) is 28.7. The highest BCUT2D eigenvalue weighted by Crippen LogP contribution is 2.51. The molecule has 2 aromatic carbocycles.